The van der Waals surface area contributed by atoms with Crippen LogP contribution in [0.2, 0.25) is 0 Å². The smallest absolute Gasteiger partial charge is 0.191 e. The maximum absolute atomic E-state index is 9.78. The number of ether oxygens (including phenoxy) is 1. The van der Waals surface area contributed by atoms with Crippen molar-refractivity contribution in [3.05, 3.63) is 23.8 Å². The van der Waals surface area contributed by atoms with E-state index in [0.717, 1.165) is 23.3 Å². The summed E-state index contributed by atoms with van der Waals surface area (Å²) in [6, 6.07) is 5.89. The first-order valence-corrected chi connectivity index (χ1v) is 9.97. The molecule has 0 bridgehead atoms. The zero-order valence-corrected chi connectivity index (χ0v) is 15.7. The third-order valence-electron chi connectivity index (χ3n) is 4.15. The third-order valence-corrected chi connectivity index (χ3v) is 5.24. The Balaban J connectivity index is 1.99. The molecule has 24 heavy (non-hydrogen) atoms. The van der Waals surface area contributed by atoms with Gasteiger partial charge in [0.2, 0.25) is 0 Å². The molecule has 2 atom stereocenters. The van der Waals surface area contributed by atoms with Gasteiger partial charge in [-0.25, -0.2) is 4.99 Å². The van der Waals surface area contributed by atoms with Gasteiger partial charge in [0.1, 0.15) is 0 Å². The van der Waals surface area contributed by atoms with E-state index in [1.54, 1.807) is 6.07 Å². The molecule has 2 unspecified atom stereocenters. The first kappa shape index (κ1) is 18.8. The predicted octanol–water partition coefficient (Wildman–Crippen LogP) is 3.13. The molecule has 1 aromatic carbocycles. The number of hydrogen-bond donors (Lipinski definition) is 3. The summed E-state index contributed by atoms with van der Waals surface area (Å²) >= 11 is 1.96. The summed E-state index contributed by atoms with van der Waals surface area (Å²) in [4.78, 5) is 4.68. The fourth-order valence-corrected chi connectivity index (χ4v) is 3.69. The fourth-order valence-electron chi connectivity index (χ4n) is 2.90. The molecule has 0 amide bonds. The van der Waals surface area contributed by atoms with Gasteiger partial charge in [0.25, 0.3) is 0 Å². The van der Waals surface area contributed by atoms with Crippen molar-refractivity contribution >= 4 is 17.7 Å². The highest BCUT2D eigenvalue weighted by atomic mass is 32.2. The Morgan fingerprint density at radius 3 is 2.88 bits per heavy atom. The van der Waals surface area contributed by atoms with Gasteiger partial charge < -0.3 is 20.5 Å². The largest absolute Gasteiger partial charge is 0.504 e. The highest BCUT2D eigenvalue weighted by molar-refractivity contribution is 7.99. The molecule has 1 aliphatic carbocycles. The topological polar surface area (TPSA) is 65.9 Å². The molecule has 0 aliphatic heterocycles. The molecule has 6 heteroatoms. The molecule has 0 saturated heterocycles. The summed E-state index contributed by atoms with van der Waals surface area (Å²) in [7, 11) is 0. The van der Waals surface area contributed by atoms with Crippen LogP contribution >= 0.6 is 11.8 Å². The molecule has 3 N–H and O–H groups in total. The number of thioether (sulfide) groups is 1. The quantitative estimate of drug-likeness (QED) is 0.520. The molecule has 0 radical (unpaired) electrons. The van der Waals surface area contributed by atoms with Crippen molar-refractivity contribution in [2.24, 2.45) is 4.99 Å². The Labute approximate surface area is 149 Å². The van der Waals surface area contributed by atoms with Crippen molar-refractivity contribution < 1.29 is 9.84 Å². The summed E-state index contributed by atoms with van der Waals surface area (Å²) in [5.74, 6) is 1.54. The number of phenolic OH excluding ortho intramolecular Hbond substituents is 1. The molecule has 1 aromatic rings. The molecule has 134 valence electrons. The molecule has 1 saturated carbocycles. The second kappa shape index (κ2) is 9.67. The molecular weight excluding hydrogens is 322 g/mol. The summed E-state index contributed by atoms with van der Waals surface area (Å²) in [6.45, 7) is 5.90. The maximum atomic E-state index is 9.78. The standard InChI is InChI=1S/C18H29N3O2S/c1-4-19-18(21-14-7-8-15(11-14)24-3)20-12-13-6-9-16(22)17(10-13)23-5-2/h6,9-10,14-15,22H,4-5,7-8,11-12H2,1-3H3,(H2,19,20,21). The van der Waals surface area contributed by atoms with E-state index in [9.17, 15) is 5.11 Å². The van der Waals surface area contributed by atoms with Gasteiger partial charge in [-0.05, 0) is 57.1 Å². The summed E-state index contributed by atoms with van der Waals surface area (Å²) in [6.07, 6.45) is 5.85. The first-order valence-electron chi connectivity index (χ1n) is 8.68. The van der Waals surface area contributed by atoms with E-state index in [1.807, 2.05) is 30.8 Å². The van der Waals surface area contributed by atoms with E-state index >= 15 is 0 Å². The van der Waals surface area contributed by atoms with Gasteiger partial charge in [0.15, 0.2) is 17.5 Å². The number of benzene rings is 1. The Kier molecular flexibility index (Phi) is 7.56. The third kappa shape index (κ3) is 5.51. The molecule has 0 heterocycles. The lowest BCUT2D eigenvalue weighted by Crippen LogP contribution is -2.42. The van der Waals surface area contributed by atoms with Gasteiger partial charge in [-0.3, -0.25) is 0 Å². The number of guanidine groups is 1. The molecule has 5 nitrogen and oxygen atoms in total. The van der Waals surface area contributed by atoms with Crippen LogP contribution < -0.4 is 15.4 Å². The van der Waals surface area contributed by atoms with Crippen LogP contribution in [0.25, 0.3) is 0 Å². The van der Waals surface area contributed by atoms with Gasteiger partial charge in [-0.1, -0.05) is 6.07 Å². The van der Waals surface area contributed by atoms with Crippen LogP contribution in [-0.2, 0) is 6.54 Å². The van der Waals surface area contributed by atoms with Gasteiger partial charge >= 0.3 is 0 Å². The molecule has 0 aromatic heterocycles. The number of aliphatic imine (C=N–C) groups is 1. The van der Waals surface area contributed by atoms with Gasteiger partial charge in [-0.2, -0.15) is 11.8 Å². The highest BCUT2D eigenvalue weighted by Crippen LogP contribution is 2.28. The monoisotopic (exact) mass is 351 g/mol. The Morgan fingerprint density at radius 1 is 1.38 bits per heavy atom. The zero-order chi connectivity index (χ0) is 17.4. The summed E-state index contributed by atoms with van der Waals surface area (Å²) in [5.41, 5.74) is 1.02. The minimum absolute atomic E-state index is 0.170. The van der Waals surface area contributed by atoms with E-state index in [-0.39, 0.29) is 5.75 Å². The lowest BCUT2D eigenvalue weighted by Gasteiger charge is -2.17. The molecular formula is C18H29N3O2S. The Bertz CT molecular complexity index is 551. The molecule has 0 spiro atoms. The van der Waals surface area contributed by atoms with Crippen molar-refractivity contribution in [2.45, 2.75) is 50.9 Å². The predicted molar refractivity (Wildman–Crippen MR) is 102 cm³/mol. The van der Waals surface area contributed by atoms with Crippen molar-refractivity contribution in [2.75, 3.05) is 19.4 Å². The van der Waals surface area contributed by atoms with Crippen molar-refractivity contribution in [3.8, 4) is 11.5 Å². The number of hydrogen-bond acceptors (Lipinski definition) is 4. The first-order chi connectivity index (χ1) is 11.7. The lowest BCUT2D eigenvalue weighted by molar-refractivity contribution is 0.318. The average molecular weight is 352 g/mol. The minimum Gasteiger partial charge on any atom is -0.504 e. The van der Waals surface area contributed by atoms with Crippen LogP contribution in [0.5, 0.6) is 11.5 Å². The van der Waals surface area contributed by atoms with E-state index in [2.05, 4.69) is 28.8 Å². The van der Waals surface area contributed by atoms with Crippen LogP contribution in [-0.4, -0.2) is 41.8 Å². The fraction of sp³-hybridized carbons (Fsp3) is 0.611. The van der Waals surface area contributed by atoms with Crippen LogP contribution in [0.15, 0.2) is 23.2 Å². The van der Waals surface area contributed by atoms with Gasteiger partial charge in [0.05, 0.1) is 13.2 Å². The van der Waals surface area contributed by atoms with Crippen molar-refractivity contribution in [1.82, 2.24) is 10.6 Å². The Hall–Kier alpha value is -1.56. The number of phenols is 1. The second-order valence-electron chi connectivity index (χ2n) is 5.94. The lowest BCUT2D eigenvalue weighted by atomic mass is 10.2. The molecule has 2 rings (SSSR count). The normalized spacial score (nSPS) is 20.9. The van der Waals surface area contributed by atoms with Crippen LogP contribution in [0.4, 0.5) is 0 Å². The highest BCUT2D eigenvalue weighted by Gasteiger charge is 2.24. The van der Waals surface area contributed by atoms with E-state index in [4.69, 9.17) is 4.74 Å². The molecule has 1 fully saturated rings. The van der Waals surface area contributed by atoms with E-state index in [1.165, 1.54) is 19.3 Å². The average Bonchev–Trinajstić information content (AvgIpc) is 3.03. The van der Waals surface area contributed by atoms with Gasteiger partial charge in [0, 0.05) is 17.8 Å². The second-order valence-corrected chi connectivity index (χ2v) is 7.08. The number of rotatable bonds is 7. The number of nitrogens with zero attached hydrogens (tertiary/aromatic N) is 1. The van der Waals surface area contributed by atoms with Crippen LogP contribution in [0, 0.1) is 0 Å². The summed E-state index contributed by atoms with van der Waals surface area (Å²) < 4.78 is 5.43. The van der Waals surface area contributed by atoms with Crippen molar-refractivity contribution in [3.63, 3.8) is 0 Å². The minimum atomic E-state index is 0.170. The van der Waals surface area contributed by atoms with Crippen LogP contribution in [0.3, 0.4) is 0 Å². The van der Waals surface area contributed by atoms with Gasteiger partial charge in [-0.15, -0.1) is 0 Å². The maximum Gasteiger partial charge on any atom is 0.191 e. The summed E-state index contributed by atoms with van der Waals surface area (Å²) in [5, 5.41) is 17.4. The SMILES string of the molecule is CCNC(=NCc1ccc(O)c(OCC)c1)NC1CCC(SC)C1. The van der Waals surface area contributed by atoms with E-state index in [0.29, 0.717) is 24.9 Å². The number of aromatic hydroxyl groups is 1. The molecule has 1 aliphatic rings. The zero-order valence-electron chi connectivity index (χ0n) is 14.8. The van der Waals surface area contributed by atoms with Crippen LogP contribution in [0.1, 0.15) is 38.7 Å². The number of nitrogens with one attached hydrogen (secondary N) is 2. The Morgan fingerprint density at radius 2 is 2.21 bits per heavy atom. The van der Waals surface area contributed by atoms with Crippen molar-refractivity contribution in [1.29, 1.82) is 0 Å². The van der Waals surface area contributed by atoms with E-state index < -0.39 is 0 Å².